The average Bonchev–Trinajstić information content (AvgIpc) is 4.10. The van der Waals surface area contributed by atoms with E-state index in [9.17, 15) is 29.4 Å². The second-order valence-electron chi connectivity index (χ2n) is 12.3. The van der Waals surface area contributed by atoms with E-state index in [0.717, 1.165) is 19.6 Å². The molecule has 300 valence electrons. The largest absolute Gasteiger partial charge is 0.509 e. The fourth-order valence-electron chi connectivity index (χ4n) is 5.60. The molecule has 6 aromatic rings. The highest BCUT2D eigenvalue weighted by atomic mass is 32.2. The molecule has 0 amide bonds. The van der Waals surface area contributed by atoms with Crippen LogP contribution in [0.3, 0.4) is 0 Å². The van der Waals surface area contributed by atoms with Crippen LogP contribution in [0.15, 0.2) is 154 Å². The topological polar surface area (TPSA) is 163 Å². The summed E-state index contributed by atoms with van der Waals surface area (Å²) in [4.78, 5) is 60.4. The number of aliphatic hydroxyl groups excluding tert-OH is 1. The van der Waals surface area contributed by atoms with E-state index in [4.69, 9.17) is 9.47 Å². The number of carbonyl (C=O) groups is 4. The maximum absolute atomic E-state index is 13.1. The first-order valence-corrected chi connectivity index (χ1v) is 22.3. The Hall–Kier alpha value is -5.10. The lowest BCUT2D eigenvalue weighted by Gasteiger charge is -2.25. The molecule has 0 saturated carbocycles. The van der Waals surface area contributed by atoms with Crippen LogP contribution in [-0.2, 0) is 20.7 Å². The molecule has 2 N–H and O–H groups in total. The van der Waals surface area contributed by atoms with Crippen LogP contribution in [-0.4, -0.2) is 91.3 Å². The van der Waals surface area contributed by atoms with E-state index >= 15 is 0 Å². The van der Waals surface area contributed by atoms with Gasteiger partial charge in [0.2, 0.25) is 17.2 Å². The van der Waals surface area contributed by atoms with Crippen molar-refractivity contribution in [1.29, 1.82) is 0 Å². The van der Waals surface area contributed by atoms with E-state index in [1.165, 1.54) is 21.8 Å². The number of aliphatic hydroxyl groups is 2. The SMILES string of the molecule is CSc1ccc(C(=O)C(O)(CO)c2ccc(SC)cc2)cc1.CSc1ccc(C(=O)C2(c3ccc(SC)cc3)COC(=O)O2)cc1.O=C(n1ccnc1)n1ccnc1. The minimum atomic E-state index is -1.92. The molecule has 3 heterocycles. The maximum Gasteiger partial charge on any atom is 0.509 e. The number of rotatable bonds is 11. The Balaban J connectivity index is 0.000000174. The molecule has 0 aliphatic carbocycles. The highest BCUT2D eigenvalue weighted by Gasteiger charge is 2.51. The lowest BCUT2D eigenvalue weighted by molar-refractivity contribution is -0.00403. The van der Waals surface area contributed by atoms with Gasteiger partial charge in [-0.25, -0.2) is 19.6 Å². The lowest BCUT2D eigenvalue weighted by Crippen LogP contribution is -2.39. The van der Waals surface area contributed by atoms with Crippen molar-refractivity contribution in [3.8, 4) is 0 Å². The van der Waals surface area contributed by atoms with Gasteiger partial charge in [-0.15, -0.1) is 47.0 Å². The highest BCUT2D eigenvalue weighted by molar-refractivity contribution is 7.99. The number of hydrogen-bond acceptors (Lipinski definition) is 14. The van der Waals surface area contributed by atoms with Crippen LogP contribution >= 0.6 is 47.0 Å². The van der Waals surface area contributed by atoms with Gasteiger partial charge in [0.1, 0.15) is 19.3 Å². The molecule has 1 aliphatic heterocycles. The fourth-order valence-corrected chi connectivity index (χ4v) is 7.24. The van der Waals surface area contributed by atoms with Gasteiger partial charge in [-0.05, 0) is 79.1 Å². The number of ketones is 2. The second-order valence-corrected chi connectivity index (χ2v) is 15.8. The molecule has 0 radical (unpaired) electrons. The van der Waals surface area contributed by atoms with Crippen molar-refractivity contribution < 1.29 is 38.9 Å². The molecule has 0 bridgehead atoms. The third-order valence-corrected chi connectivity index (χ3v) is 11.9. The Labute approximate surface area is 352 Å². The summed E-state index contributed by atoms with van der Waals surface area (Å²) in [5, 5.41) is 20.3. The number of hydrogen-bond donors (Lipinski definition) is 2. The number of Topliss-reactive ketones (excluding diaryl/α,β-unsaturated/α-hetero) is 2. The maximum atomic E-state index is 13.1. The molecule has 1 saturated heterocycles. The number of benzene rings is 4. The van der Waals surface area contributed by atoms with Crippen LogP contribution in [0.5, 0.6) is 0 Å². The van der Waals surface area contributed by atoms with Crippen molar-refractivity contribution in [1.82, 2.24) is 19.1 Å². The van der Waals surface area contributed by atoms with Crippen LogP contribution < -0.4 is 0 Å². The van der Waals surface area contributed by atoms with Crippen LogP contribution in [0.1, 0.15) is 31.8 Å². The zero-order chi connectivity index (χ0) is 41.7. The number of imidazole rings is 2. The van der Waals surface area contributed by atoms with Crippen LogP contribution in [0, 0.1) is 0 Å². The quantitative estimate of drug-likeness (QED) is 0.0729. The van der Waals surface area contributed by atoms with E-state index in [1.807, 2.05) is 85.7 Å². The van der Waals surface area contributed by atoms with Crippen molar-refractivity contribution in [2.75, 3.05) is 38.2 Å². The summed E-state index contributed by atoms with van der Waals surface area (Å²) in [6, 6.07) is 28.5. The molecule has 2 unspecified atom stereocenters. The third kappa shape index (κ3) is 10.3. The summed E-state index contributed by atoms with van der Waals surface area (Å²) < 4.78 is 13.1. The first-order chi connectivity index (χ1) is 28.0. The zero-order valence-corrected chi connectivity index (χ0v) is 35.1. The first-order valence-electron chi connectivity index (χ1n) is 17.4. The molecule has 4 aromatic carbocycles. The van der Waals surface area contributed by atoms with Gasteiger partial charge in [-0.1, -0.05) is 48.5 Å². The predicted octanol–water partition coefficient (Wildman–Crippen LogP) is 8.16. The van der Waals surface area contributed by atoms with Crippen molar-refractivity contribution in [3.63, 3.8) is 0 Å². The van der Waals surface area contributed by atoms with Crippen molar-refractivity contribution in [2.24, 2.45) is 0 Å². The third-order valence-electron chi connectivity index (χ3n) is 8.90. The number of ether oxygens (including phenoxy) is 2. The standard InChI is InChI=1S/C18H16O4S2.C17H18O3S2.C7H6N4O/c1-23-14-7-3-12(4-8-14)16(19)18(11-21-17(20)22-18)13-5-9-15(24-2)10-6-13;1-21-14-7-3-12(4-8-14)16(19)17(20,11-18)13-5-9-15(22-2)10-6-13;12-7(10-3-1-8-5-10)11-4-2-9-6-11/h3-10H,11H2,1-2H3;3-10,18,20H,11H2,1-2H3;1-6H. The van der Waals surface area contributed by atoms with E-state index in [0.29, 0.717) is 22.3 Å². The van der Waals surface area contributed by atoms with Gasteiger partial charge in [0, 0.05) is 61.1 Å². The number of aromatic nitrogens is 4. The molecule has 0 spiro atoms. The van der Waals surface area contributed by atoms with Gasteiger partial charge in [0.05, 0.1) is 6.61 Å². The average molecular weight is 857 g/mol. The molecular weight excluding hydrogens is 817 g/mol. The van der Waals surface area contributed by atoms with E-state index in [-0.39, 0.29) is 18.4 Å². The van der Waals surface area contributed by atoms with Gasteiger partial charge in [0.15, 0.2) is 5.60 Å². The smallest absolute Gasteiger partial charge is 0.429 e. The van der Waals surface area contributed by atoms with Crippen LogP contribution in [0.4, 0.5) is 9.59 Å². The summed E-state index contributed by atoms with van der Waals surface area (Å²) >= 11 is 6.35. The molecule has 1 fully saturated rings. The summed E-state index contributed by atoms with van der Waals surface area (Å²) in [5.41, 5.74) is -1.47. The summed E-state index contributed by atoms with van der Waals surface area (Å²) in [7, 11) is 0. The van der Waals surface area contributed by atoms with Gasteiger partial charge >= 0.3 is 12.2 Å². The van der Waals surface area contributed by atoms with Gasteiger partial charge < -0.3 is 19.7 Å². The molecule has 1 aliphatic rings. The molecule has 16 heteroatoms. The van der Waals surface area contributed by atoms with Crippen LogP contribution in [0.2, 0.25) is 0 Å². The summed E-state index contributed by atoms with van der Waals surface area (Å²) in [6.07, 6.45) is 16.2. The van der Waals surface area contributed by atoms with E-state index < -0.39 is 29.7 Å². The summed E-state index contributed by atoms with van der Waals surface area (Å²) in [6.45, 7) is -0.776. The Kier molecular flexibility index (Phi) is 15.6. The van der Waals surface area contributed by atoms with Crippen LogP contribution in [0.25, 0.3) is 0 Å². The Morgan fingerprint density at radius 2 is 1.12 bits per heavy atom. The van der Waals surface area contributed by atoms with E-state index in [2.05, 4.69) is 9.97 Å². The second kappa shape index (κ2) is 20.5. The Bertz CT molecular complexity index is 2240. The first kappa shape index (κ1) is 44.0. The normalized spacial score (nSPS) is 15.4. The Morgan fingerprint density at radius 1 is 0.690 bits per heavy atom. The number of thioether (sulfide) groups is 4. The molecule has 2 atom stereocenters. The van der Waals surface area contributed by atoms with Crippen molar-refractivity contribution in [2.45, 2.75) is 30.8 Å². The number of cyclic esters (lactones) is 2. The monoisotopic (exact) mass is 856 g/mol. The van der Waals surface area contributed by atoms with Gasteiger partial charge in [-0.2, -0.15) is 0 Å². The fraction of sp³-hybridized carbons (Fsp3) is 0.190. The minimum absolute atomic E-state index is 0.117. The number of nitrogens with zero attached hydrogens (tertiary/aromatic N) is 4. The molecular formula is C42H40N4O8S4. The van der Waals surface area contributed by atoms with Crippen molar-refractivity contribution >= 4 is 70.8 Å². The van der Waals surface area contributed by atoms with Gasteiger partial charge in [-0.3, -0.25) is 18.7 Å². The molecule has 2 aromatic heterocycles. The lowest BCUT2D eigenvalue weighted by atomic mass is 9.86. The minimum Gasteiger partial charge on any atom is -0.429 e. The molecule has 12 nitrogen and oxygen atoms in total. The predicted molar refractivity (Wildman–Crippen MR) is 227 cm³/mol. The van der Waals surface area contributed by atoms with Gasteiger partial charge in [0.25, 0.3) is 0 Å². The van der Waals surface area contributed by atoms with Crippen molar-refractivity contribution in [3.05, 3.63) is 157 Å². The molecule has 7 rings (SSSR count). The zero-order valence-electron chi connectivity index (χ0n) is 31.9. The highest BCUT2D eigenvalue weighted by Crippen LogP contribution is 2.36. The van der Waals surface area contributed by atoms with E-state index in [1.54, 1.807) is 108 Å². The Morgan fingerprint density at radius 3 is 1.50 bits per heavy atom. The molecule has 58 heavy (non-hydrogen) atoms. The number of carbonyl (C=O) groups excluding carboxylic acids is 4. The summed E-state index contributed by atoms with van der Waals surface area (Å²) in [5.74, 6) is -0.780.